The number of unbranched alkanes of at least 4 members (excludes halogenated alkanes) is 14. The summed E-state index contributed by atoms with van der Waals surface area (Å²) in [7, 11) is -4.50. The normalized spacial score (nSPS) is 19.3. The molecule has 1 saturated heterocycles. The highest BCUT2D eigenvalue weighted by atomic mass is 31.2. The Kier molecular flexibility index (Phi) is 17.4. The molecule has 4 atom stereocenters. The highest BCUT2D eigenvalue weighted by molar-refractivity contribution is 7.47. The number of hydrogen-bond acceptors (Lipinski definition) is 8. The fourth-order valence-electron chi connectivity index (χ4n) is 5.19. The van der Waals surface area contributed by atoms with Crippen LogP contribution in [0.1, 0.15) is 135 Å². The second kappa shape index (κ2) is 20.2. The van der Waals surface area contributed by atoms with E-state index in [-0.39, 0.29) is 18.8 Å². The lowest BCUT2D eigenvalue weighted by molar-refractivity contribution is -0.139. The van der Waals surface area contributed by atoms with Crippen LogP contribution in [0.3, 0.4) is 0 Å². The number of aliphatic carboxylic acids is 1. The van der Waals surface area contributed by atoms with E-state index in [1.165, 1.54) is 87.5 Å². The number of nitrogen functional groups attached to an aromatic ring is 1. The van der Waals surface area contributed by atoms with Crippen molar-refractivity contribution in [1.82, 2.24) is 9.55 Å². The Morgan fingerprint density at radius 2 is 1.61 bits per heavy atom. The summed E-state index contributed by atoms with van der Waals surface area (Å²) >= 11 is 0. The second-order valence-electron chi connectivity index (χ2n) is 11.2. The molecule has 4 N–H and O–H groups in total. The Balaban J connectivity index is 1.58. The smallest absolute Gasteiger partial charge is 0.472 e. The van der Waals surface area contributed by atoms with Crippen LogP contribution in [0.4, 0.5) is 5.82 Å². The van der Waals surface area contributed by atoms with Crippen LogP contribution in [0.25, 0.3) is 0 Å². The van der Waals surface area contributed by atoms with E-state index < -0.39 is 37.9 Å². The number of anilines is 1. The molecule has 1 aliphatic rings. The molecular formula is C29H52N3O8P. The van der Waals surface area contributed by atoms with Gasteiger partial charge in [0.15, 0.2) is 0 Å². The van der Waals surface area contributed by atoms with E-state index in [9.17, 15) is 24.2 Å². The SMILES string of the molecule is CCCCCCCCCCCCCCCCCC(CC(=O)O)OP(=O)(O)OC[C@@H]1CC[C@H](n2ccc(N)nc2=O)O1. The molecule has 0 saturated carbocycles. The van der Waals surface area contributed by atoms with Crippen LogP contribution in [0.5, 0.6) is 0 Å². The van der Waals surface area contributed by atoms with Gasteiger partial charge in [0.05, 0.1) is 25.2 Å². The van der Waals surface area contributed by atoms with Gasteiger partial charge in [-0.3, -0.25) is 18.4 Å². The van der Waals surface area contributed by atoms with E-state index >= 15 is 0 Å². The molecule has 236 valence electrons. The zero-order valence-electron chi connectivity index (χ0n) is 24.8. The zero-order valence-corrected chi connectivity index (χ0v) is 25.7. The van der Waals surface area contributed by atoms with Crippen LogP contribution >= 0.6 is 7.82 Å². The van der Waals surface area contributed by atoms with Crippen molar-refractivity contribution in [2.75, 3.05) is 12.3 Å². The van der Waals surface area contributed by atoms with Crippen LogP contribution in [0.2, 0.25) is 0 Å². The number of phosphoric ester groups is 1. The summed E-state index contributed by atoms with van der Waals surface area (Å²) in [5.74, 6) is -0.983. The first kappa shape index (κ1) is 35.4. The molecule has 11 nitrogen and oxygen atoms in total. The third kappa shape index (κ3) is 15.9. The number of nitrogens with two attached hydrogens (primary N) is 1. The van der Waals surface area contributed by atoms with Crippen molar-refractivity contribution in [2.24, 2.45) is 0 Å². The molecule has 2 unspecified atom stereocenters. The summed E-state index contributed by atoms with van der Waals surface area (Å²) < 4.78 is 30.0. The first-order valence-electron chi connectivity index (χ1n) is 15.6. The van der Waals surface area contributed by atoms with Crippen LogP contribution in [0, 0.1) is 0 Å². The number of carbonyl (C=O) groups is 1. The number of carboxylic acids is 1. The average Bonchev–Trinajstić information content (AvgIpc) is 3.38. The van der Waals surface area contributed by atoms with Crippen molar-refractivity contribution in [3.05, 3.63) is 22.7 Å². The number of carboxylic acid groups (broad SMARTS) is 1. The van der Waals surface area contributed by atoms with Gasteiger partial charge in [0.1, 0.15) is 12.0 Å². The fraction of sp³-hybridized carbons (Fsp3) is 0.828. The minimum atomic E-state index is -4.50. The van der Waals surface area contributed by atoms with Crippen molar-refractivity contribution >= 4 is 19.6 Å². The van der Waals surface area contributed by atoms with E-state index in [2.05, 4.69) is 11.9 Å². The number of aromatic nitrogens is 2. The van der Waals surface area contributed by atoms with Gasteiger partial charge in [-0.1, -0.05) is 103 Å². The Bertz CT molecular complexity index is 976. The molecule has 0 aliphatic carbocycles. The molecule has 2 rings (SSSR count). The largest absolute Gasteiger partial charge is 0.481 e. The van der Waals surface area contributed by atoms with Gasteiger partial charge in [0.25, 0.3) is 0 Å². The van der Waals surface area contributed by atoms with Gasteiger partial charge >= 0.3 is 19.5 Å². The third-order valence-corrected chi connectivity index (χ3v) is 8.52. The van der Waals surface area contributed by atoms with Crippen molar-refractivity contribution in [3.63, 3.8) is 0 Å². The summed E-state index contributed by atoms with van der Waals surface area (Å²) in [4.78, 5) is 37.2. The fourth-order valence-corrected chi connectivity index (χ4v) is 6.16. The molecule has 1 aliphatic heterocycles. The van der Waals surface area contributed by atoms with Crippen LogP contribution in [-0.4, -0.2) is 44.3 Å². The Morgan fingerprint density at radius 3 is 2.15 bits per heavy atom. The molecule has 0 bridgehead atoms. The quantitative estimate of drug-likeness (QED) is 0.0854. The van der Waals surface area contributed by atoms with Gasteiger partial charge in [0.2, 0.25) is 0 Å². The minimum Gasteiger partial charge on any atom is -0.481 e. The first-order chi connectivity index (χ1) is 19.7. The van der Waals surface area contributed by atoms with Gasteiger partial charge in [-0.15, -0.1) is 0 Å². The third-order valence-electron chi connectivity index (χ3n) is 7.48. The molecule has 41 heavy (non-hydrogen) atoms. The standard InChI is InChI=1S/C29H52N3O8P/c1-2-3-4-5-6-7-8-9-10-11-12-13-14-15-16-17-24(22-28(33)34)40-41(36,37)38-23-25-18-19-27(39-25)32-21-20-26(30)31-29(32)35/h20-21,24-25,27H,2-19,22-23H2,1H3,(H,33,34)(H,36,37)(H2,30,31,35)/t24?,25-,27+/m0/s1. The van der Waals surface area contributed by atoms with Crippen molar-refractivity contribution in [3.8, 4) is 0 Å². The second-order valence-corrected chi connectivity index (χ2v) is 12.6. The predicted octanol–water partition coefficient (Wildman–Crippen LogP) is 6.74. The van der Waals surface area contributed by atoms with Crippen molar-refractivity contribution in [1.29, 1.82) is 0 Å². The summed E-state index contributed by atoms with van der Waals surface area (Å²) in [5, 5.41) is 9.23. The molecule has 1 aromatic heterocycles. The maximum Gasteiger partial charge on any atom is 0.472 e. The molecular weight excluding hydrogens is 549 g/mol. The molecule has 1 aromatic rings. The van der Waals surface area contributed by atoms with Gasteiger partial charge in [0, 0.05) is 6.20 Å². The van der Waals surface area contributed by atoms with E-state index in [0.29, 0.717) is 25.7 Å². The van der Waals surface area contributed by atoms with Gasteiger partial charge in [-0.2, -0.15) is 4.98 Å². The molecule has 12 heteroatoms. The van der Waals surface area contributed by atoms with Gasteiger partial charge < -0.3 is 20.5 Å². The Morgan fingerprint density at radius 1 is 1.05 bits per heavy atom. The lowest BCUT2D eigenvalue weighted by atomic mass is 10.0. The van der Waals surface area contributed by atoms with Crippen LogP contribution in [0.15, 0.2) is 17.1 Å². The summed E-state index contributed by atoms with van der Waals surface area (Å²) in [6.45, 7) is 2.02. The highest BCUT2D eigenvalue weighted by Crippen LogP contribution is 2.46. The zero-order chi connectivity index (χ0) is 29.9. The van der Waals surface area contributed by atoms with Crippen molar-refractivity contribution in [2.45, 2.75) is 147 Å². The molecule has 0 amide bonds. The maximum absolute atomic E-state index is 12.5. The average molecular weight is 602 g/mol. The molecule has 0 aromatic carbocycles. The summed E-state index contributed by atoms with van der Waals surface area (Å²) in [5.41, 5.74) is 4.98. The van der Waals surface area contributed by atoms with E-state index in [0.717, 1.165) is 19.3 Å². The lowest BCUT2D eigenvalue weighted by Crippen LogP contribution is -2.28. The van der Waals surface area contributed by atoms with E-state index in [1.54, 1.807) is 0 Å². The molecule has 0 radical (unpaired) electrons. The number of hydrogen-bond donors (Lipinski definition) is 3. The number of nitrogens with zero attached hydrogens (tertiary/aromatic N) is 2. The first-order valence-corrected chi connectivity index (χ1v) is 17.1. The highest BCUT2D eigenvalue weighted by Gasteiger charge is 2.33. The molecule has 2 heterocycles. The van der Waals surface area contributed by atoms with Crippen LogP contribution < -0.4 is 11.4 Å². The van der Waals surface area contributed by atoms with Crippen molar-refractivity contribution < 1.29 is 33.1 Å². The van der Waals surface area contributed by atoms with Gasteiger partial charge in [-0.25, -0.2) is 9.36 Å². The van der Waals surface area contributed by atoms with E-state index in [4.69, 9.17) is 19.5 Å². The summed E-state index contributed by atoms with van der Waals surface area (Å²) in [6, 6.07) is 1.49. The Labute approximate surface area is 244 Å². The maximum atomic E-state index is 12.5. The minimum absolute atomic E-state index is 0.114. The van der Waals surface area contributed by atoms with Crippen LogP contribution in [-0.2, 0) is 23.1 Å². The molecule has 0 spiro atoms. The topological polar surface area (TPSA) is 163 Å². The monoisotopic (exact) mass is 601 g/mol. The number of phosphoric acid groups is 1. The number of rotatable bonds is 24. The molecule has 1 fully saturated rings. The number of ether oxygens (including phenoxy) is 1. The summed E-state index contributed by atoms with van der Waals surface area (Å²) in [6.07, 6.45) is 18.8. The lowest BCUT2D eigenvalue weighted by Gasteiger charge is -2.21. The van der Waals surface area contributed by atoms with Gasteiger partial charge in [-0.05, 0) is 25.3 Å². The Hall–Kier alpha value is -1.78. The predicted molar refractivity (Wildman–Crippen MR) is 159 cm³/mol. The van der Waals surface area contributed by atoms with E-state index in [1.807, 2.05) is 0 Å².